The first-order chi connectivity index (χ1) is 12.2. The van der Waals surface area contributed by atoms with Crippen molar-refractivity contribution in [3.05, 3.63) is 71.5 Å². The number of halogens is 1. The Morgan fingerprint density at radius 2 is 1.76 bits per heavy atom. The molecular weight excluding hydrogens is 336 g/mol. The van der Waals surface area contributed by atoms with Gasteiger partial charge in [-0.3, -0.25) is 9.79 Å². The van der Waals surface area contributed by atoms with Gasteiger partial charge >= 0.3 is 0 Å². The monoisotopic (exact) mass is 348 g/mol. The molecule has 1 aromatic heterocycles. The van der Waals surface area contributed by atoms with Gasteiger partial charge in [-0.05, 0) is 35.9 Å². The third-order valence-electron chi connectivity index (χ3n) is 3.84. The average molecular weight is 349 g/mol. The first-order valence-corrected chi connectivity index (χ1v) is 8.12. The van der Waals surface area contributed by atoms with E-state index in [0.29, 0.717) is 27.9 Å². The van der Waals surface area contributed by atoms with E-state index in [0.717, 1.165) is 11.1 Å². The molecular formula is C19H13ClN4O. The van der Waals surface area contributed by atoms with Gasteiger partial charge < -0.3 is 5.32 Å². The first-order valence-electron chi connectivity index (χ1n) is 7.74. The standard InChI is InChI=1S/C19H13ClN4O/c20-14-5-6-15-17(10-14)24-18(25)11-16(23-15)12-3-1-4-13(9-12)19-21-7-2-8-22-19/h1-10H,11H2,(H,24,25). The van der Waals surface area contributed by atoms with E-state index in [9.17, 15) is 4.79 Å². The number of aliphatic imine (C=N–C) groups is 1. The largest absolute Gasteiger partial charge is 0.324 e. The maximum atomic E-state index is 12.2. The van der Waals surface area contributed by atoms with Crippen LogP contribution in [0.3, 0.4) is 0 Å². The van der Waals surface area contributed by atoms with Crippen LogP contribution in [0.5, 0.6) is 0 Å². The third kappa shape index (κ3) is 3.27. The SMILES string of the molecule is O=C1CC(c2cccc(-c3ncccn3)c2)=Nc2ccc(Cl)cc2N1. The van der Waals surface area contributed by atoms with Crippen LogP contribution in [0.4, 0.5) is 11.4 Å². The van der Waals surface area contributed by atoms with Crippen LogP contribution in [0.2, 0.25) is 5.02 Å². The van der Waals surface area contributed by atoms with Gasteiger partial charge in [-0.1, -0.05) is 29.8 Å². The highest BCUT2D eigenvalue weighted by molar-refractivity contribution is 6.31. The minimum absolute atomic E-state index is 0.124. The summed E-state index contributed by atoms with van der Waals surface area (Å²) in [4.78, 5) is 25.4. The number of aromatic nitrogens is 2. The van der Waals surface area contributed by atoms with Gasteiger partial charge in [0.15, 0.2) is 5.82 Å². The number of carbonyl (C=O) groups excluding carboxylic acids is 1. The van der Waals surface area contributed by atoms with Crippen molar-refractivity contribution < 1.29 is 4.79 Å². The zero-order chi connectivity index (χ0) is 17.2. The van der Waals surface area contributed by atoms with Gasteiger partial charge in [-0.25, -0.2) is 9.97 Å². The molecule has 1 aliphatic heterocycles. The van der Waals surface area contributed by atoms with Gasteiger partial charge in [0.2, 0.25) is 5.91 Å². The molecule has 0 fully saturated rings. The Morgan fingerprint density at radius 3 is 2.60 bits per heavy atom. The molecule has 0 bridgehead atoms. The van der Waals surface area contributed by atoms with Crippen molar-refractivity contribution in [3.8, 4) is 11.4 Å². The molecule has 0 atom stereocenters. The van der Waals surface area contributed by atoms with Crippen LogP contribution in [0.25, 0.3) is 11.4 Å². The summed E-state index contributed by atoms with van der Waals surface area (Å²) in [5.74, 6) is 0.510. The Bertz CT molecular complexity index is 986. The maximum absolute atomic E-state index is 12.2. The Kier molecular flexibility index (Phi) is 3.99. The highest BCUT2D eigenvalue weighted by atomic mass is 35.5. The van der Waals surface area contributed by atoms with E-state index >= 15 is 0 Å². The summed E-state index contributed by atoms with van der Waals surface area (Å²) in [5, 5.41) is 3.40. The number of nitrogens with zero attached hydrogens (tertiary/aromatic N) is 3. The topological polar surface area (TPSA) is 67.2 Å². The molecule has 6 heteroatoms. The van der Waals surface area contributed by atoms with Crippen molar-refractivity contribution in [2.75, 3.05) is 5.32 Å². The zero-order valence-corrected chi connectivity index (χ0v) is 13.9. The predicted molar refractivity (Wildman–Crippen MR) is 98.4 cm³/mol. The van der Waals surface area contributed by atoms with Crippen LogP contribution in [-0.2, 0) is 4.79 Å². The Balaban J connectivity index is 1.78. The molecule has 0 saturated heterocycles. The van der Waals surface area contributed by atoms with E-state index in [1.165, 1.54) is 0 Å². The second kappa shape index (κ2) is 6.45. The summed E-state index contributed by atoms with van der Waals surface area (Å²) in [6, 6.07) is 14.8. The molecule has 2 heterocycles. The minimum Gasteiger partial charge on any atom is -0.324 e. The summed E-state index contributed by atoms with van der Waals surface area (Å²) in [6.07, 6.45) is 3.59. The number of fused-ring (bicyclic) bond motifs is 1. The summed E-state index contributed by atoms with van der Waals surface area (Å²) in [5.41, 5.74) is 3.74. The van der Waals surface area contributed by atoms with Crippen LogP contribution >= 0.6 is 11.6 Å². The molecule has 122 valence electrons. The molecule has 0 spiro atoms. The smallest absolute Gasteiger partial charge is 0.230 e. The molecule has 4 rings (SSSR count). The highest BCUT2D eigenvalue weighted by Crippen LogP contribution is 2.32. The maximum Gasteiger partial charge on any atom is 0.230 e. The van der Waals surface area contributed by atoms with Crippen LogP contribution in [0.15, 0.2) is 65.9 Å². The van der Waals surface area contributed by atoms with Gasteiger partial charge in [0.25, 0.3) is 0 Å². The number of hydrogen-bond acceptors (Lipinski definition) is 4. The summed E-state index contributed by atoms with van der Waals surface area (Å²) >= 11 is 6.01. The van der Waals surface area contributed by atoms with E-state index in [4.69, 9.17) is 11.6 Å². The fourth-order valence-electron chi connectivity index (χ4n) is 2.69. The van der Waals surface area contributed by atoms with Crippen LogP contribution in [0.1, 0.15) is 12.0 Å². The molecule has 0 radical (unpaired) electrons. The van der Waals surface area contributed by atoms with Crippen molar-refractivity contribution in [2.45, 2.75) is 6.42 Å². The van der Waals surface area contributed by atoms with Gasteiger partial charge in [-0.2, -0.15) is 0 Å². The van der Waals surface area contributed by atoms with Crippen LogP contribution in [-0.4, -0.2) is 21.6 Å². The van der Waals surface area contributed by atoms with E-state index < -0.39 is 0 Å². The van der Waals surface area contributed by atoms with Crippen molar-refractivity contribution >= 4 is 34.6 Å². The van der Waals surface area contributed by atoms with E-state index in [1.54, 1.807) is 36.7 Å². The second-order valence-electron chi connectivity index (χ2n) is 5.60. The average Bonchev–Trinajstić information content (AvgIpc) is 2.80. The van der Waals surface area contributed by atoms with Crippen molar-refractivity contribution in [1.82, 2.24) is 9.97 Å². The molecule has 0 unspecified atom stereocenters. The number of nitrogens with one attached hydrogen (secondary N) is 1. The summed E-state index contributed by atoms with van der Waals surface area (Å²) in [6.45, 7) is 0. The number of benzene rings is 2. The van der Waals surface area contributed by atoms with E-state index in [2.05, 4.69) is 20.3 Å². The molecule has 25 heavy (non-hydrogen) atoms. The molecule has 0 saturated carbocycles. The first kappa shape index (κ1) is 15.5. The van der Waals surface area contributed by atoms with Gasteiger partial charge in [-0.15, -0.1) is 0 Å². The zero-order valence-electron chi connectivity index (χ0n) is 13.1. The van der Waals surface area contributed by atoms with E-state index in [1.807, 2.05) is 24.3 Å². The van der Waals surface area contributed by atoms with Crippen LogP contribution < -0.4 is 5.32 Å². The number of carbonyl (C=O) groups is 1. The summed E-state index contributed by atoms with van der Waals surface area (Å²) in [7, 11) is 0. The van der Waals surface area contributed by atoms with E-state index in [-0.39, 0.29) is 12.3 Å². The van der Waals surface area contributed by atoms with Gasteiger partial charge in [0.05, 0.1) is 23.5 Å². The number of hydrogen-bond donors (Lipinski definition) is 1. The summed E-state index contributed by atoms with van der Waals surface area (Å²) < 4.78 is 0. The Labute approximate surface area is 149 Å². The van der Waals surface area contributed by atoms with Gasteiger partial charge in [0.1, 0.15) is 0 Å². The van der Waals surface area contributed by atoms with Crippen LogP contribution in [0, 0.1) is 0 Å². The second-order valence-corrected chi connectivity index (χ2v) is 6.03. The fraction of sp³-hybridized carbons (Fsp3) is 0.0526. The molecule has 1 aliphatic rings. The molecule has 2 aromatic carbocycles. The molecule has 5 nitrogen and oxygen atoms in total. The number of anilines is 1. The lowest BCUT2D eigenvalue weighted by Gasteiger charge is -2.06. The number of amides is 1. The van der Waals surface area contributed by atoms with Crippen molar-refractivity contribution in [2.24, 2.45) is 4.99 Å². The molecule has 3 aromatic rings. The lowest BCUT2D eigenvalue weighted by atomic mass is 10.0. The van der Waals surface area contributed by atoms with Gasteiger partial charge in [0, 0.05) is 23.0 Å². The lowest BCUT2D eigenvalue weighted by molar-refractivity contribution is -0.115. The quantitative estimate of drug-likeness (QED) is 0.752. The van der Waals surface area contributed by atoms with Crippen molar-refractivity contribution in [3.63, 3.8) is 0 Å². The number of rotatable bonds is 2. The normalized spacial score (nSPS) is 13.5. The lowest BCUT2D eigenvalue weighted by Crippen LogP contribution is -2.15. The Morgan fingerprint density at radius 1 is 0.960 bits per heavy atom. The fourth-order valence-corrected chi connectivity index (χ4v) is 2.86. The molecule has 1 amide bonds. The predicted octanol–water partition coefficient (Wildman–Crippen LogP) is 4.26. The minimum atomic E-state index is -0.124. The third-order valence-corrected chi connectivity index (χ3v) is 4.07. The Hall–Kier alpha value is -3.05. The molecule has 0 aliphatic carbocycles. The highest BCUT2D eigenvalue weighted by Gasteiger charge is 2.18. The van der Waals surface area contributed by atoms with Crippen molar-refractivity contribution in [1.29, 1.82) is 0 Å². The molecule has 1 N–H and O–H groups in total.